The van der Waals surface area contributed by atoms with Crippen molar-refractivity contribution in [2.24, 2.45) is 0 Å². The third-order valence-corrected chi connectivity index (χ3v) is 17.7. The summed E-state index contributed by atoms with van der Waals surface area (Å²) in [6, 6.07) is 92.1. The minimum Gasteiger partial charge on any atom is -0.456 e. The average Bonchev–Trinajstić information content (AvgIpc) is 2.44. The lowest BCUT2D eigenvalue weighted by Gasteiger charge is -2.18. The van der Waals surface area contributed by atoms with E-state index in [0.717, 1.165) is 132 Å². The van der Waals surface area contributed by atoms with Crippen LogP contribution in [0.25, 0.3) is 176 Å². The molecule has 0 spiro atoms. The highest BCUT2D eigenvalue weighted by atomic mass is 16.3. The normalized spacial score (nSPS) is 12.0. The summed E-state index contributed by atoms with van der Waals surface area (Å²) in [5, 5.41) is 16.3. The number of aromatic nitrogens is 4. The van der Waals surface area contributed by atoms with Crippen molar-refractivity contribution in [3.63, 3.8) is 0 Å². The number of fused-ring (bicyclic) bond motifs is 19. The van der Waals surface area contributed by atoms with E-state index in [1.54, 1.807) is 0 Å². The van der Waals surface area contributed by atoms with Crippen LogP contribution >= 0.6 is 0 Å². The van der Waals surface area contributed by atoms with Crippen LogP contribution in [0.4, 0.5) is 0 Å². The topological polar surface area (TPSA) is 77.8 Å². The molecular weight excluding hydrogens is 1070 g/mol. The molecule has 14 aromatic carbocycles. The van der Waals surface area contributed by atoms with Gasteiger partial charge in [-0.25, -0.2) is 9.97 Å². The van der Waals surface area contributed by atoms with Crippen molar-refractivity contribution in [1.82, 2.24) is 19.9 Å². The highest BCUT2D eigenvalue weighted by molar-refractivity contribution is 6.24. The van der Waals surface area contributed by atoms with Gasteiger partial charge in [0.25, 0.3) is 0 Å². The van der Waals surface area contributed by atoms with Crippen LogP contribution in [0, 0.1) is 0 Å². The van der Waals surface area contributed by atoms with Crippen molar-refractivity contribution >= 4 is 120 Å². The van der Waals surface area contributed by atoms with E-state index in [9.17, 15) is 0 Å². The molecular formula is C82H54N4O2. The molecule has 0 bridgehead atoms. The molecule has 88 heavy (non-hydrogen) atoms. The molecule has 6 nitrogen and oxygen atoms in total. The van der Waals surface area contributed by atoms with Gasteiger partial charge < -0.3 is 8.83 Å². The van der Waals surface area contributed by atoms with Crippen molar-refractivity contribution in [2.75, 3.05) is 0 Å². The smallest absolute Gasteiger partial charge is 0.135 e. The predicted molar refractivity (Wildman–Crippen MR) is 367 cm³/mol. The maximum absolute atomic E-state index is 6.30. The molecule has 414 valence electrons. The summed E-state index contributed by atoms with van der Waals surface area (Å²) in [6.07, 6.45) is 3.81. The van der Waals surface area contributed by atoms with E-state index >= 15 is 0 Å². The number of benzene rings is 14. The Morgan fingerprint density at radius 1 is 0.261 bits per heavy atom. The fraction of sp³-hybridized carbons (Fsp3) is 0.0488. The molecule has 0 atom stereocenters. The molecule has 0 aliphatic rings. The monoisotopic (exact) mass is 1130 g/mol. The second-order valence-corrected chi connectivity index (χ2v) is 24.1. The first kappa shape index (κ1) is 51.1. The van der Waals surface area contributed by atoms with Gasteiger partial charge in [-0.1, -0.05) is 221 Å². The Hall–Kier alpha value is -11.3. The van der Waals surface area contributed by atoms with Crippen LogP contribution in [0.1, 0.15) is 26.3 Å². The first-order chi connectivity index (χ1) is 43.2. The van der Waals surface area contributed by atoms with Gasteiger partial charge in [0.2, 0.25) is 0 Å². The van der Waals surface area contributed by atoms with E-state index in [1.807, 2.05) is 12.4 Å². The van der Waals surface area contributed by atoms with Gasteiger partial charge in [0.15, 0.2) is 0 Å². The Labute approximate surface area is 506 Å². The molecule has 0 fully saturated rings. The Bertz CT molecular complexity index is 5810. The SMILES string of the molecule is CC(C)(C)c1ccc2oc3ccc(-c4cccc(-c5cnc6c7ccccc7c7ccccc7c6n5)c4)cc3c2c1.c1cc(-c2ccc3oc4ccc(-c5cccc6ccccc56)cc4c3c2)cc(-c2cnc3c4ccccc4c4ccccc4c3n2)c1. The number of nitrogens with zero attached hydrogens (tertiary/aromatic N) is 4. The quantitative estimate of drug-likeness (QED) is 0.160. The minimum atomic E-state index is 0.0717. The summed E-state index contributed by atoms with van der Waals surface area (Å²) in [6.45, 7) is 6.73. The number of hydrogen-bond donors (Lipinski definition) is 0. The van der Waals surface area contributed by atoms with Gasteiger partial charge in [0.05, 0.1) is 45.8 Å². The maximum Gasteiger partial charge on any atom is 0.135 e. The molecule has 0 saturated heterocycles. The molecule has 18 aromatic rings. The van der Waals surface area contributed by atoms with Gasteiger partial charge in [-0.2, -0.15) is 0 Å². The van der Waals surface area contributed by atoms with Gasteiger partial charge in [0, 0.05) is 54.2 Å². The molecule has 0 aliphatic carbocycles. The van der Waals surface area contributed by atoms with E-state index in [-0.39, 0.29) is 5.41 Å². The summed E-state index contributed by atoms with van der Waals surface area (Å²) in [5.74, 6) is 0. The van der Waals surface area contributed by atoms with Crippen LogP contribution in [0.3, 0.4) is 0 Å². The fourth-order valence-electron chi connectivity index (χ4n) is 13.3. The van der Waals surface area contributed by atoms with Crippen LogP contribution in [0.15, 0.2) is 282 Å². The Kier molecular flexibility index (Phi) is 11.7. The summed E-state index contributed by atoms with van der Waals surface area (Å²) < 4.78 is 12.5. The Balaban J connectivity index is 0.000000138. The van der Waals surface area contributed by atoms with Gasteiger partial charge in [-0.05, 0) is 137 Å². The van der Waals surface area contributed by atoms with Gasteiger partial charge in [-0.3, -0.25) is 9.97 Å². The zero-order chi connectivity index (χ0) is 58.6. The Morgan fingerprint density at radius 3 is 1.09 bits per heavy atom. The zero-order valence-corrected chi connectivity index (χ0v) is 48.6. The molecule has 0 amide bonds. The van der Waals surface area contributed by atoms with E-state index < -0.39 is 0 Å². The van der Waals surface area contributed by atoms with Crippen LogP contribution in [0.5, 0.6) is 0 Å². The van der Waals surface area contributed by atoms with Crippen LogP contribution in [-0.2, 0) is 5.41 Å². The second kappa shape index (κ2) is 20.2. The number of furan rings is 2. The molecule has 4 aromatic heterocycles. The largest absolute Gasteiger partial charge is 0.456 e. The maximum atomic E-state index is 6.30. The van der Waals surface area contributed by atoms with Crippen LogP contribution in [-0.4, -0.2) is 19.9 Å². The predicted octanol–water partition coefficient (Wildman–Crippen LogP) is 22.5. The summed E-state index contributed by atoms with van der Waals surface area (Å²) in [5.41, 5.74) is 19.4. The summed E-state index contributed by atoms with van der Waals surface area (Å²) in [7, 11) is 0. The third kappa shape index (κ3) is 8.55. The van der Waals surface area contributed by atoms with Crippen LogP contribution < -0.4 is 0 Å². The van der Waals surface area contributed by atoms with E-state index in [1.165, 1.54) is 49.0 Å². The highest BCUT2D eigenvalue weighted by Gasteiger charge is 2.19. The third-order valence-electron chi connectivity index (χ3n) is 17.7. The van der Waals surface area contributed by atoms with Crippen molar-refractivity contribution < 1.29 is 8.83 Å². The minimum absolute atomic E-state index is 0.0717. The summed E-state index contributed by atoms with van der Waals surface area (Å²) >= 11 is 0. The van der Waals surface area contributed by atoms with Gasteiger partial charge >= 0.3 is 0 Å². The van der Waals surface area contributed by atoms with E-state index in [2.05, 4.69) is 282 Å². The molecule has 0 radical (unpaired) electrons. The fourth-order valence-corrected chi connectivity index (χ4v) is 13.3. The van der Waals surface area contributed by atoms with Crippen molar-refractivity contribution in [3.05, 3.63) is 279 Å². The van der Waals surface area contributed by atoms with Gasteiger partial charge in [-0.15, -0.1) is 0 Å². The highest BCUT2D eigenvalue weighted by Crippen LogP contribution is 2.41. The molecule has 0 saturated carbocycles. The molecule has 4 heterocycles. The second-order valence-electron chi connectivity index (χ2n) is 24.1. The van der Waals surface area contributed by atoms with E-state index in [0.29, 0.717) is 0 Å². The van der Waals surface area contributed by atoms with Crippen molar-refractivity contribution in [3.8, 4) is 55.9 Å². The molecule has 18 rings (SSSR count). The molecule has 6 heteroatoms. The van der Waals surface area contributed by atoms with Gasteiger partial charge in [0.1, 0.15) is 22.3 Å². The lowest BCUT2D eigenvalue weighted by atomic mass is 9.86. The van der Waals surface area contributed by atoms with Crippen molar-refractivity contribution in [2.45, 2.75) is 26.2 Å². The molecule has 0 unspecified atom stereocenters. The first-order valence-electron chi connectivity index (χ1n) is 30.0. The lowest BCUT2D eigenvalue weighted by molar-refractivity contribution is 0.590. The zero-order valence-electron chi connectivity index (χ0n) is 48.6. The standard InChI is InChI=1S/C44H26N2O.C38H28N2O/c1-2-13-32-27(9-1)10-8-18-33(32)30-20-22-42-39(25-30)38-24-29(19-21-41(38)47-42)28-11-7-12-31(23-28)40-26-45-43-36-16-5-3-14-34(36)35-15-4-6-17-37(35)44(43)46-40;1-38(2,3)26-16-18-35-32(21-26)31-20-24(15-17-34(31)41-35)23-9-8-10-25(19-23)33-22-39-36-29-13-6-4-11-27(29)28-12-5-7-14-30(28)37(36)40-33/h1-26H;4-22H,1-3H3. The molecule has 0 N–H and O–H groups in total. The lowest BCUT2D eigenvalue weighted by Crippen LogP contribution is -2.10. The van der Waals surface area contributed by atoms with E-state index in [4.69, 9.17) is 28.8 Å². The van der Waals surface area contributed by atoms with Crippen molar-refractivity contribution in [1.29, 1.82) is 0 Å². The number of rotatable bonds is 5. The summed E-state index contributed by atoms with van der Waals surface area (Å²) in [4.78, 5) is 20.4. The van der Waals surface area contributed by atoms with Crippen LogP contribution in [0.2, 0.25) is 0 Å². The number of hydrogen-bond acceptors (Lipinski definition) is 6. The average molecular weight is 1130 g/mol. The molecule has 0 aliphatic heterocycles. The first-order valence-corrected chi connectivity index (χ1v) is 30.0. The Morgan fingerprint density at radius 2 is 0.614 bits per heavy atom.